The van der Waals surface area contributed by atoms with Gasteiger partial charge < -0.3 is 11.1 Å². The van der Waals surface area contributed by atoms with E-state index in [0.717, 1.165) is 25.9 Å². The highest BCUT2D eigenvalue weighted by atomic mass is 32.2. The fourth-order valence-electron chi connectivity index (χ4n) is 3.23. The molecule has 0 spiro atoms. The standard InChI is InChI=1S/C16H32N2OS/c1-3-6-14(9-12-17)7-8-15(19)18-13-16(20-2)10-4-5-11-16/h14H,3-13,17H2,1-2H3,(H,18,19). The van der Waals surface area contributed by atoms with Gasteiger partial charge >= 0.3 is 0 Å². The molecular formula is C16H32N2OS. The first kappa shape index (κ1) is 17.8. The molecule has 4 heteroatoms. The molecule has 1 fully saturated rings. The fraction of sp³-hybridized carbons (Fsp3) is 0.938. The van der Waals surface area contributed by atoms with Crippen molar-refractivity contribution >= 4 is 17.7 Å². The van der Waals surface area contributed by atoms with Gasteiger partial charge in [0.15, 0.2) is 0 Å². The topological polar surface area (TPSA) is 55.1 Å². The highest BCUT2D eigenvalue weighted by molar-refractivity contribution is 8.00. The molecule has 0 aliphatic heterocycles. The number of hydrogen-bond donors (Lipinski definition) is 2. The van der Waals surface area contributed by atoms with Gasteiger partial charge in [0.25, 0.3) is 0 Å². The predicted molar refractivity (Wildman–Crippen MR) is 89.0 cm³/mol. The number of carbonyl (C=O) groups excluding carboxylic acids is 1. The number of amides is 1. The molecule has 1 rings (SSSR count). The molecule has 0 aromatic heterocycles. The lowest BCUT2D eigenvalue weighted by atomic mass is 9.94. The maximum atomic E-state index is 12.0. The van der Waals surface area contributed by atoms with Crippen LogP contribution in [0.1, 0.15) is 64.7 Å². The SMILES string of the molecule is CCCC(CCN)CCC(=O)NCC1(SC)CCCC1. The molecule has 1 aliphatic rings. The second-order valence-electron chi connectivity index (χ2n) is 6.14. The Kier molecular flexibility index (Phi) is 8.62. The van der Waals surface area contributed by atoms with Crippen molar-refractivity contribution in [3.8, 4) is 0 Å². The van der Waals surface area contributed by atoms with Crippen LogP contribution in [-0.4, -0.2) is 30.0 Å². The van der Waals surface area contributed by atoms with Crippen LogP contribution in [0.15, 0.2) is 0 Å². The Morgan fingerprint density at radius 3 is 2.55 bits per heavy atom. The zero-order valence-electron chi connectivity index (χ0n) is 13.2. The van der Waals surface area contributed by atoms with Gasteiger partial charge in [-0.25, -0.2) is 0 Å². The van der Waals surface area contributed by atoms with Gasteiger partial charge in [0.05, 0.1) is 0 Å². The lowest BCUT2D eigenvalue weighted by molar-refractivity contribution is -0.121. The second-order valence-corrected chi connectivity index (χ2v) is 7.42. The molecule has 118 valence electrons. The van der Waals surface area contributed by atoms with Gasteiger partial charge in [0, 0.05) is 17.7 Å². The average Bonchev–Trinajstić information content (AvgIpc) is 2.92. The Morgan fingerprint density at radius 1 is 1.30 bits per heavy atom. The summed E-state index contributed by atoms with van der Waals surface area (Å²) in [6.45, 7) is 3.79. The molecule has 0 heterocycles. The van der Waals surface area contributed by atoms with Crippen molar-refractivity contribution in [1.82, 2.24) is 5.32 Å². The van der Waals surface area contributed by atoms with Crippen LogP contribution in [0.25, 0.3) is 0 Å². The molecule has 3 nitrogen and oxygen atoms in total. The highest BCUT2D eigenvalue weighted by Gasteiger charge is 2.33. The summed E-state index contributed by atoms with van der Waals surface area (Å²) < 4.78 is 0.315. The Labute approximate surface area is 128 Å². The molecule has 0 aromatic carbocycles. The van der Waals surface area contributed by atoms with Crippen LogP contribution in [-0.2, 0) is 4.79 Å². The minimum Gasteiger partial charge on any atom is -0.355 e. The average molecular weight is 301 g/mol. The summed E-state index contributed by atoms with van der Waals surface area (Å²) in [5.41, 5.74) is 5.64. The van der Waals surface area contributed by atoms with Gasteiger partial charge in [-0.05, 0) is 44.4 Å². The summed E-state index contributed by atoms with van der Waals surface area (Å²) in [6.07, 6.45) is 12.4. The molecular weight excluding hydrogens is 268 g/mol. The van der Waals surface area contributed by atoms with Gasteiger partial charge in [-0.15, -0.1) is 0 Å². The van der Waals surface area contributed by atoms with Gasteiger partial charge in [-0.2, -0.15) is 11.8 Å². The third kappa shape index (κ3) is 6.04. The van der Waals surface area contributed by atoms with E-state index in [4.69, 9.17) is 5.73 Å². The number of carbonyl (C=O) groups is 1. The minimum absolute atomic E-state index is 0.225. The molecule has 3 N–H and O–H groups in total. The van der Waals surface area contributed by atoms with Crippen LogP contribution in [0.3, 0.4) is 0 Å². The Bertz CT molecular complexity index is 272. The van der Waals surface area contributed by atoms with Gasteiger partial charge in [-0.3, -0.25) is 4.79 Å². The zero-order chi connectivity index (χ0) is 14.8. The molecule has 0 bridgehead atoms. The second kappa shape index (κ2) is 9.67. The molecule has 1 amide bonds. The van der Waals surface area contributed by atoms with Crippen molar-refractivity contribution < 1.29 is 4.79 Å². The number of hydrogen-bond acceptors (Lipinski definition) is 3. The van der Waals surface area contributed by atoms with E-state index in [1.54, 1.807) is 0 Å². The monoisotopic (exact) mass is 300 g/mol. The maximum absolute atomic E-state index is 12.0. The quantitative estimate of drug-likeness (QED) is 0.651. The molecule has 1 unspecified atom stereocenters. The summed E-state index contributed by atoms with van der Waals surface area (Å²) >= 11 is 1.93. The smallest absolute Gasteiger partial charge is 0.220 e. The van der Waals surface area contributed by atoms with Gasteiger partial charge in [-0.1, -0.05) is 32.6 Å². The van der Waals surface area contributed by atoms with E-state index < -0.39 is 0 Å². The van der Waals surface area contributed by atoms with Gasteiger partial charge in [0.2, 0.25) is 5.91 Å². The van der Waals surface area contributed by atoms with Crippen LogP contribution in [0, 0.1) is 5.92 Å². The lowest BCUT2D eigenvalue weighted by Crippen LogP contribution is -2.38. The van der Waals surface area contributed by atoms with Crippen molar-refractivity contribution in [2.24, 2.45) is 11.7 Å². The predicted octanol–water partition coefficient (Wildman–Crippen LogP) is 3.32. The molecule has 20 heavy (non-hydrogen) atoms. The van der Waals surface area contributed by atoms with E-state index in [0.29, 0.717) is 17.1 Å². The number of nitrogens with two attached hydrogens (primary N) is 1. The van der Waals surface area contributed by atoms with Crippen molar-refractivity contribution in [2.45, 2.75) is 69.5 Å². The van der Waals surface area contributed by atoms with Crippen LogP contribution in [0.5, 0.6) is 0 Å². The molecule has 0 radical (unpaired) electrons. The van der Waals surface area contributed by atoms with Crippen molar-refractivity contribution in [1.29, 1.82) is 0 Å². The van der Waals surface area contributed by atoms with E-state index in [1.807, 2.05) is 11.8 Å². The fourth-order valence-corrected chi connectivity index (χ4v) is 4.15. The van der Waals surface area contributed by atoms with Crippen molar-refractivity contribution in [3.05, 3.63) is 0 Å². The molecule has 1 atom stereocenters. The molecule has 0 aromatic rings. The summed E-state index contributed by atoms with van der Waals surface area (Å²) in [7, 11) is 0. The van der Waals surface area contributed by atoms with E-state index >= 15 is 0 Å². The Hall–Kier alpha value is -0.220. The third-order valence-corrected chi connectivity index (χ3v) is 6.03. The van der Waals surface area contributed by atoms with Crippen molar-refractivity contribution in [2.75, 3.05) is 19.3 Å². The number of thioether (sulfide) groups is 1. The first-order chi connectivity index (χ1) is 9.65. The van der Waals surface area contributed by atoms with E-state index in [2.05, 4.69) is 18.5 Å². The molecule has 0 saturated heterocycles. The highest BCUT2D eigenvalue weighted by Crippen LogP contribution is 2.39. The van der Waals surface area contributed by atoms with E-state index in [-0.39, 0.29) is 5.91 Å². The normalized spacial score (nSPS) is 18.9. The van der Waals surface area contributed by atoms with Crippen LogP contribution >= 0.6 is 11.8 Å². The lowest BCUT2D eigenvalue weighted by Gasteiger charge is -2.27. The number of nitrogens with one attached hydrogen (secondary N) is 1. The minimum atomic E-state index is 0.225. The van der Waals surface area contributed by atoms with Crippen LogP contribution in [0.2, 0.25) is 0 Å². The largest absolute Gasteiger partial charge is 0.355 e. The summed E-state index contributed by atoms with van der Waals surface area (Å²) in [6, 6.07) is 0. The molecule has 1 saturated carbocycles. The summed E-state index contributed by atoms with van der Waals surface area (Å²) in [5, 5.41) is 3.16. The summed E-state index contributed by atoms with van der Waals surface area (Å²) in [5.74, 6) is 0.847. The maximum Gasteiger partial charge on any atom is 0.220 e. The first-order valence-electron chi connectivity index (χ1n) is 8.17. The number of rotatable bonds is 10. The molecule has 1 aliphatic carbocycles. The third-order valence-electron chi connectivity index (χ3n) is 4.61. The van der Waals surface area contributed by atoms with Crippen molar-refractivity contribution in [3.63, 3.8) is 0 Å². The van der Waals surface area contributed by atoms with Crippen LogP contribution < -0.4 is 11.1 Å². The van der Waals surface area contributed by atoms with E-state index in [9.17, 15) is 4.79 Å². The zero-order valence-corrected chi connectivity index (χ0v) is 14.1. The van der Waals surface area contributed by atoms with Gasteiger partial charge in [0.1, 0.15) is 0 Å². The van der Waals surface area contributed by atoms with Crippen LogP contribution in [0.4, 0.5) is 0 Å². The van der Waals surface area contributed by atoms with E-state index in [1.165, 1.54) is 38.5 Å². The Balaban J connectivity index is 2.25. The first-order valence-corrected chi connectivity index (χ1v) is 9.40. The Morgan fingerprint density at radius 2 is 2.00 bits per heavy atom. The summed E-state index contributed by atoms with van der Waals surface area (Å²) in [4.78, 5) is 12.0.